The van der Waals surface area contributed by atoms with Crippen molar-refractivity contribution in [3.05, 3.63) is 0 Å². The maximum atomic E-state index is 12.2. The summed E-state index contributed by atoms with van der Waals surface area (Å²) < 4.78 is 0. The third-order valence-corrected chi connectivity index (χ3v) is 4.49. The fourth-order valence-electron chi connectivity index (χ4n) is 3.40. The van der Waals surface area contributed by atoms with E-state index in [0.29, 0.717) is 5.91 Å². The molecule has 0 spiro atoms. The largest absolute Gasteiger partial charge is 0.342 e. The van der Waals surface area contributed by atoms with Crippen molar-refractivity contribution in [3.63, 3.8) is 0 Å². The summed E-state index contributed by atoms with van der Waals surface area (Å²) in [5.74, 6) is 0.411. The molecule has 0 atom stereocenters. The first-order valence-electron chi connectivity index (χ1n) is 5.72. The van der Waals surface area contributed by atoms with Gasteiger partial charge in [0, 0.05) is 18.6 Å². The summed E-state index contributed by atoms with van der Waals surface area (Å²) in [5, 5.41) is 0. The molecule has 3 heteroatoms. The zero-order chi connectivity index (χ0) is 9.81. The van der Waals surface area contributed by atoms with Crippen LogP contribution in [-0.4, -0.2) is 29.4 Å². The van der Waals surface area contributed by atoms with Gasteiger partial charge in [-0.2, -0.15) is 0 Å². The van der Waals surface area contributed by atoms with Crippen molar-refractivity contribution in [1.29, 1.82) is 0 Å². The summed E-state index contributed by atoms with van der Waals surface area (Å²) in [7, 11) is 0. The molecule has 2 saturated carbocycles. The third kappa shape index (κ3) is 0.991. The van der Waals surface area contributed by atoms with Crippen LogP contribution in [0.15, 0.2) is 0 Å². The summed E-state index contributed by atoms with van der Waals surface area (Å²) in [4.78, 5) is 14.2. The number of nitrogens with two attached hydrogens (primary N) is 1. The normalized spacial score (nSPS) is 45.4. The van der Waals surface area contributed by atoms with Crippen molar-refractivity contribution in [1.82, 2.24) is 4.90 Å². The Bertz CT molecular complexity index is 275. The molecule has 2 N–H and O–H groups in total. The molecule has 0 aromatic carbocycles. The highest BCUT2D eigenvalue weighted by atomic mass is 16.2. The number of hydrogen-bond acceptors (Lipinski definition) is 2. The van der Waals surface area contributed by atoms with E-state index in [1.54, 1.807) is 0 Å². The van der Waals surface area contributed by atoms with Crippen LogP contribution in [0.25, 0.3) is 0 Å². The highest BCUT2D eigenvalue weighted by molar-refractivity contribution is 5.84. The van der Waals surface area contributed by atoms with Gasteiger partial charge in [-0.3, -0.25) is 4.79 Å². The van der Waals surface area contributed by atoms with Crippen molar-refractivity contribution in [3.8, 4) is 0 Å². The average molecular weight is 194 g/mol. The molecule has 2 bridgehead atoms. The number of amides is 1. The molecule has 3 fully saturated rings. The van der Waals surface area contributed by atoms with E-state index in [1.807, 2.05) is 4.90 Å². The quantitative estimate of drug-likeness (QED) is 0.673. The van der Waals surface area contributed by atoms with E-state index >= 15 is 0 Å². The van der Waals surface area contributed by atoms with E-state index in [0.717, 1.165) is 45.2 Å². The zero-order valence-corrected chi connectivity index (χ0v) is 8.59. The molecule has 1 heterocycles. The van der Waals surface area contributed by atoms with E-state index in [9.17, 15) is 4.79 Å². The first-order chi connectivity index (χ1) is 6.64. The van der Waals surface area contributed by atoms with Gasteiger partial charge in [-0.1, -0.05) is 0 Å². The highest BCUT2D eigenvalue weighted by Gasteiger charge is 2.57. The van der Waals surface area contributed by atoms with Gasteiger partial charge in [0.25, 0.3) is 0 Å². The third-order valence-electron chi connectivity index (χ3n) is 4.49. The first-order valence-corrected chi connectivity index (χ1v) is 5.72. The Kier molecular flexibility index (Phi) is 1.56. The first kappa shape index (κ1) is 8.72. The number of carbonyl (C=O) groups excluding carboxylic acids is 1. The second-order valence-corrected chi connectivity index (χ2v) is 5.47. The molecular formula is C11H18N2O. The maximum absolute atomic E-state index is 12.2. The van der Waals surface area contributed by atoms with Crippen LogP contribution in [0, 0.1) is 5.41 Å². The van der Waals surface area contributed by atoms with E-state index in [1.165, 1.54) is 6.42 Å². The predicted octanol–water partition coefficient (Wildman–Crippen LogP) is 0.880. The van der Waals surface area contributed by atoms with E-state index in [4.69, 9.17) is 5.73 Å². The van der Waals surface area contributed by atoms with Crippen LogP contribution in [0.4, 0.5) is 0 Å². The minimum atomic E-state index is -0.0326. The number of hydrogen-bond donors (Lipinski definition) is 1. The van der Waals surface area contributed by atoms with Crippen LogP contribution in [0.2, 0.25) is 0 Å². The van der Waals surface area contributed by atoms with Gasteiger partial charge in [-0.05, 0) is 38.5 Å². The minimum absolute atomic E-state index is 0.0144. The van der Waals surface area contributed by atoms with Crippen LogP contribution in [0.1, 0.15) is 38.5 Å². The van der Waals surface area contributed by atoms with E-state index in [2.05, 4.69) is 0 Å². The Morgan fingerprint density at radius 3 is 2.14 bits per heavy atom. The lowest BCUT2D eigenvalue weighted by molar-refractivity contribution is -0.145. The molecule has 0 unspecified atom stereocenters. The van der Waals surface area contributed by atoms with Crippen molar-refractivity contribution < 1.29 is 4.79 Å². The highest BCUT2D eigenvalue weighted by Crippen LogP contribution is 2.56. The van der Waals surface area contributed by atoms with Gasteiger partial charge in [0.15, 0.2) is 0 Å². The lowest BCUT2D eigenvalue weighted by Crippen LogP contribution is -2.49. The molecular weight excluding hydrogens is 176 g/mol. The Labute approximate surface area is 84.6 Å². The van der Waals surface area contributed by atoms with Crippen molar-refractivity contribution >= 4 is 5.91 Å². The van der Waals surface area contributed by atoms with Gasteiger partial charge in [-0.15, -0.1) is 0 Å². The number of likely N-dealkylation sites (tertiary alicyclic amines) is 1. The van der Waals surface area contributed by atoms with Crippen LogP contribution in [0.5, 0.6) is 0 Å². The van der Waals surface area contributed by atoms with Crippen LogP contribution >= 0.6 is 0 Å². The van der Waals surface area contributed by atoms with Crippen LogP contribution < -0.4 is 5.73 Å². The maximum Gasteiger partial charge on any atom is 0.228 e. The minimum Gasteiger partial charge on any atom is -0.342 e. The fraction of sp³-hybridized carbons (Fsp3) is 0.909. The summed E-state index contributed by atoms with van der Waals surface area (Å²) in [5.41, 5.74) is 6.19. The van der Waals surface area contributed by atoms with Gasteiger partial charge in [-0.25, -0.2) is 0 Å². The summed E-state index contributed by atoms with van der Waals surface area (Å²) in [6.45, 7) is 1.97. The second kappa shape index (κ2) is 2.51. The molecule has 0 radical (unpaired) electrons. The molecule has 1 aliphatic heterocycles. The standard InChI is InChI=1S/C11H18N2O/c12-11-4-2-10(8-11,3-5-11)9(14)13-6-1-7-13/h1-8,12H2. The monoisotopic (exact) mass is 194 g/mol. The van der Waals surface area contributed by atoms with Gasteiger partial charge < -0.3 is 10.6 Å². The number of fused-ring (bicyclic) bond motifs is 2. The van der Waals surface area contributed by atoms with Crippen LogP contribution in [-0.2, 0) is 4.79 Å². The molecule has 14 heavy (non-hydrogen) atoms. The smallest absolute Gasteiger partial charge is 0.228 e. The topological polar surface area (TPSA) is 46.3 Å². The van der Waals surface area contributed by atoms with Crippen molar-refractivity contribution in [2.45, 2.75) is 44.1 Å². The molecule has 3 rings (SSSR count). The molecule has 3 nitrogen and oxygen atoms in total. The van der Waals surface area contributed by atoms with Gasteiger partial charge in [0.05, 0.1) is 5.41 Å². The van der Waals surface area contributed by atoms with E-state index < -0.39 is 0 Å². The molecule has 1 saturated heterocycles. The summed E-state index contributed by atoms with van der Waals surface area (Å²) >= 11 is 0. The average Bonchev–Trinajstić information content (AvgIpc) is 2.55. The summed E-state index contributed by atoms with van der Waals surface area (Å²) in [6.07, 6.45) is 6.35. The Balaban J connectivity index is 1.81. The molecule has 1 amide bonds. The molecule has 0 aromatic heterocycles. The van der Waals surface area contributed by atoms with Crippen molar-refractivity contribution in [2.75, 3.05) is 13.1 Å². The predicted molar refractivity (Wildman–Crippen MR) is 53.6 cm³/mol. The Morgan fingerprint density at radius 2 is 1.79 bits per heavy atom. The number of rotatable bonds is 1. The SMILES string of the molecule is NC12CCC(C(=O)N3CCC3)(CC1)C2. The second-order valence-electron chi connectivity index (χ2n) is 5.47. The van der Waals surface area contributed by atoms with E-state index in [-0.39, 0.29) is 11.0 Å². The molecule has 3 aliphatic rings. The van der Waals surface area contributed by atoms with Crippen LogP contribution in [0.3, 0.4) is 0 Å². The zero-order valence-electron chi connectivity index (χ0n) is 8.59. The molecule has 78 valence electrons. The Hall–Kier alpha value is -0.570. The van der Waals surface area contributed by atoms with Crippen molar-refractivity contribution in [2.24, 2.45) is 11.1 Å². The summed E-state index contributed by atoms with van der Waals surface area (Å²) in [6, 6.07) is 0. The van der Waals surface area contributed by atoms with Gasteiger partial charge >= 0.3 is 0 Å². The number of nitrogens with zero attached hydrogens (tertiary/aromatic N) is 1. The molecule has 0 aromatic rings. The van der Waals surface area contributed by atoms with Gasteiger partial charge in [0.2, 0.25) is 5.91 Å². The van der Waals surface area contributed by atoms with Gasteiger partial charge in [0.1, 0.15) is 0 Å². The number of carbonyl (C=O) groups is 1. The molecule has 2 aliphatic carbocycles. The lowest BCUT2D eigenvalue weighted by Gasteiger charge is -2.38. The lowest BCUT2D eigenvalue weighted by atomic mass is 9.82. The fourth-order valence-corrected chi connectivity index (χ4v) is 3.40. The Morgan fingerprint density at radius 1 is 1.14 bits per heavy atom.